The molecule has 0 amide bonds. The molecule has 1 unspecified atom stereocenters. The Bertz CT molecular complexity index is 827. The van der Waals surface area contributed by atoms with Gasteiger partial charge >= 0.3 is 0 Å². The second-order valence-corrected chi connectivity index (χ2v) is 17.0. The fraction of sp³-hybridized carbons (Fsp3) is 1.00. The molecule has 0 aromatic heterocycles. The van der Waals surface area contributed by atoms with Crippen molar-refractivity contribution in [3.63, 3.8) is 0 Å². The minimum absolute atomic E-state index is 0.675. The normalized spacial score (nSPS) is 12.6. The minimum Gasteiger partial charge on any atom is -0.357 e. The van der Waals surface area contributed by atoms with E-state index in [1.165, 1.54) is 38.8 Å². The first kappa shape index (κ1) is 69.5. The third kappa shape index (κ3) is 59.3. The number of hydrogen-bond acceptors (Lipinski definition) is 19. The zero-order chi connectivity index (χ0) is 49.2. The van der Waals surface area contributed by atoms with Crippen LogP contribution in [0.25, 0.3) is 0 Å². The highest BCUT2D eigenvalue weighted by atomic mass is 15.2. The topological polar surface area (TPSA) is 301 Å². The molecule has 0 aromatic rings. The number of nitrogens with zero attached hydrogens (tertiary/aromatic N) is 4. The molecule has 0 saturated carbocycles. The van der Waals surface area contributed by atoms with Gasteiger partial charge in [0.1, 0.15) is 0 Å². The van der Waals surface area contributed by atoms with Crippen LogP contribution < -0.4 is 87.6 Å². The van der Waals surface area contributed by atoms with Gasteiger partial charge in [-0.15, -0.1) is 0 Å². The average molecular weight is 953 g/mol. The molecule has 0 aromatic carbocycles. The van der Waals surface area contributed by atoms with Crippen molar-refractivity contribution in [1.82, 2.24) is 72.8 Å². The number of nitrogens with one attached hydrogen (secondary N) is 10. The SMILES string of the molecule is C1CN1.CCCN.CCCN(CCNCCN(CC[NH3+])CCNCCNC)CCNCCN(CCNCCC(CCNC)CCNCCN)CCNCCN(CCN)CCN.CNCCN. The van der Waals surface area contributed by atoms with E-state index in [1.807, 2.05) is 21.1 Å². The zero-order valence-corrected chi connectivity index (χ0v) is 44.2. The van der Waals surface area contributed by atoms with E-state index in [2.05, 4.69) is 92.3 Å². The van der Waals surface area contributed by atoms with Gasteiger partial charge in [-0.05, 0) is 91.9 Å². The molecule has 66 heavy (non-hydrogen) atoms. The van der Waals surface area contributed by atoms with Gasteiger partial charge in [0.15, 0.2) is 0 Å². The predicted octanol–water partition coefficient (Wildman–Crippen LogP) is -5.41. The molecule has 23 N–H and O–H groups in total. The molecule has 1 fully saturated rings. The monoisotopic (exact) mass is 952 g/mol. The second kappa shape index (κ2) is 62.2. The summed E-state index contributed by atoms with van der Waals surface area (Å²) in [5, 5.41) is 34.3. The van der Waals surface area contributed by atoms with Crippen molar-refractivity contribution < 1.29 is 5.73 Å². The Kier molecular flexibility index (Phi) is 65.5. The van der Waals surface area contributed by atoms with Crippen molar-refractivity contribution in [3.05, 3.63) is 0 Å². The van der Waals surface area contributed by atoms with Gasteiger partial charge < -0.3 is 92.5 Å². The molecule has 20 nitrogen and oxygen atoms in total. The Morgan fingerprint density at radius 3 is 1.03 bits per heavy atom. The summed E-state index contributed by atoms with van der Waals surface area (Å²) in [6, 6.07) is 0. The largest absolute Gasteiger partial charge is 0.357 e. The lowest BCUT2D eigenvalue weighted by molar-refractivity contribution is -0.368. The summed E-state index contributed by atoms with van der Waals surface area (Å²) in [5.74, 6) is 0.723. The maximum absolute atomic E-state index is 5.80. The molecule has 1 aliphatic rings. The van der Waals surface area contributed by atoms with Crippen LogP contribution in [0.5, 0.6) is 0 Å². The quantitative estimate of drug-likeness (QED) is 0.0200. The summed E-state index contributed by atoms with van der Waals surface area (Å²) in [5.41, 5.74) is 31.4. The van der Waals surface area contributed by atoms with Crippen molar-refractivity contribution in [2.24, 2.45) is 34.6 Å². The number of likely N-dealkylation sites (N-methyl/N-ethyl adjacent to an activating group) is 2. The van der Waals surface area contributed by atoms with Crippen LogP contribution in [0, 0.1) is 5.92 Å². The summed E-state index contributed by atoms with van der Waals surface area (Å²) in [7, 11) is 5.93. The van der Waals surface area contributed by atoms with E-state index in [-0.39, 0.29) is 0 Å². The first-order valence-corrected chi connectivity index (χ1v) is 26.5. The van der Waals surface area contributed by atoms with E-state index in [0.717, 1.165) is 209 Å². The maximum atomic E-state index is 5.80. The molecule has 0 spiro atoms. The first-order chi connectivity index (χ1) is 32.4. The highest BCUT2D eigenvalue weighted by Gasteiger charge is 2.11. The van der Waals surface area contributed by atoms with Gasteiger partial charge in [-0.1, -0.05) is 13.8 Å². The Morgan fingerprint density at radius 2 is 0.712 bits per heavy atom. The average Bonchev–Trinajstić information content (AvgIpc) is 4.22. The summed E-state index contributed by atoms with van der Waals surface area (Å²) >= 11 is 0. The lowest BCUT2D eigenvalue weighted by Crippen LogP contribution is -2.56. The lowest BCUT2D eigenvalue weighted by atomic mass is 9.97. The van der Waals surface area contributed by atoms with Gasteiger partial charge in [0, 0.05) is 190 Å². The van der Waals surface area contributed by atoms with Crippen LogP contribution in [0.1, 0.15) is 46.0 Å². The molecule has 20 heteroatoms. The van der Waals surface area contributed by atoms with E-state index < -0.39 is 0 Å². The van der Waals surface area contributed by atoms with Crippen LogP contribution in [0.2, 0.25) is 0 Å². The van der Waals surface area contributed by atoms with Crippen LogP contribution in [0.15, 0.2) is 0 Å². The van der Waals surface area contributed by atoms with Gasteiger partial charge in [-0.2, -0.15) is 0 Å². The minimum atomic E-state index is 0.675. The summed E-state index contributed by atoms with van der Waals surface area (Å²) < 4.78 is 0. The van der Waals surface area contributed by atoms with Gasteiger partial charge in [0.25, 0.3) is 0 Å². The van der Waals surface area contributed by atoms with E-state index in [9.17, 15) is 0 Å². The number of quaternary nitrogens is 1. The predicted molar refractivity (Wildman–Crippen MR) is 289 cm³/mol. The van der Waals surface area contributed by atoms with Crippen LogP contribution in [0.4, 0.5) is 0 Å². The second-order valence-electron chi connectivity index (χ2n) is 17.0. The molecule has 0 radical (unpaired) electrons. The van der Waals surface area contributed by atoms with Crippen LogP contribution in [-0.4, -0.2) is 270 Å². The number of rotatable bonds is 49. The molecule has 0 aliphatic carbocycles. The molecule has 1 rings (SSSR count). The fourth-order valence-corrected chi connectivity index (χ4v) is 6.75. The number of nitrogens with two attached hydrogens (primary N) is 5. The van der Waals surface area contributed by atoms with E-state index in [1.54, 1.807) is 0 Å². The summed E-state index contributed by atoms with van der Waals surface area (Å²) in [6.45, 7) is 39.0. The highest BCUT2D eigenvalue weighted by molar-refractivity contribution is 4.70. The third-order valence-corrected chi connectivity index (χ3v) is 10.8. The first-order valence-electron chi connectivity index (χ1n) is 26.5. The number of hydrogen-bond donors (Lipinski definition) is 16. The van der Waals surface area contributed by atoms with Gasteiger partial charge in [0.2, 0.25) is 0 Å². The molecule has 0 bridgehead atoms. The zero-order valence-electron chi connectivity index (χ0n) is 44.2. The van der Waals surface area contributed by atoms with Crippen LogP contribution in [-0.2, 0) is 0 Å². The Hall–Kier alpha value is -0.800. The smallest absolute Gasteiger partial charge is 0.0869 e. The third-order valence-electron chi connectivity index (χ3n) is 10.8. The molecular formula is C46H119N20+. The lowest BCUT2D eigenvalue weighted by Gasteiger charge is -2.25. The van der Waals surface area contributed by atoms with Crippen molar-refractivity contribution in [2.45, 2.75) is 46.0 Å². The van der Waals surface area contributed by atoms with E-state index in [0.29, 0.717) is 19.6 Å². The van der Waals surface area contributed by atoms with Crippen molar-refractivity contribution >= 4 is 0 Å². The van der Waals surface area contributed by atoms with E-state index >= 15 is 0 Å². The van der Waals surface area contributed by atoms with Gasteiger partial charge in [0.05, 0.1) is 6.54 Å². The Labute approximate surface area is 408 Å². The van der Waals surface area contributed by atoms with Crippen molar-refractivity contribution in [2.75, 3.05) is 250 Å². The standard InChI is InChI=1S/C38H94N16.C3H10N2.C3H9N.C2H5N/c1-4-26-51(30-20-48-23-34-53(29-11-42)33-19-47-17-16-44-3)31-21-49-24-36-54(37-25-50-22-32-52(27-9-40)28-10-41)35-18-46-14-7-38(5-12-43-2)6-13-45-15-8-39;1-5-3-2-4;1-2-3-4;1-2-3-1/h38,43-50H,4-37,39-42H2,1-3H3;5H,2-4H2,1H3;2-4H2,1H3;3H,1-2H2/p+1. The summed E-state index contributed by atoms with van der Waals surface area (Å²) in [4.78, 5) is 10.1. The molecule has 1 aliphatic heterocycles. The molecule has 402 valence electrons. The molecule has 1 heterocycles. The van der Waals surface area contributed by atoms with Crippen LogP contribution in [0.3, 0.4) is 0 Å². The van der Waals surface area contributed by atoms with Gasteiger partial charge in [-0.25, -0.2) is 0 Å². The van der Waals surface area contributed by atoms with E-state index in [4.69, 9.17) is 28.7 Å². The molecule has 1 atom stereocenters. The highest BCUT2D eigenvalue weighted by Crippen LogP contribution is 2.11. The van der Waals surface area contributed by atoms with Crippen molar-refractivity contribution in [1.29, 1.82) is 0 Å². The van der Waals surface area contributed by atoms with Gasteiger partial charge in [-0.3, -0.25) is 14.7 Å². The van der Waals surface area contributed by atoms with Crippen molar-refractivity contribution in [3.8, 4) is 0 Å². The molecular weight excluding hydrogens is 833 g/mol. The Balaban J connectivity index is -0.00000288. The summed E-state index contributed by atoms with van der Waals surface area (Å²) in [6.07, 6.45) is 5.92. The molecule has 1 saturated heterocycles. The fourth-order valence-electron chi connectivity index (χ4n) is 6.75. The maximum Gasteiger partial charge on any atom is 0.0869 e. The Morgan fingerprint density at radius 1 is 0.379 bits per heavy atom. The van der Waals surface area contributed by atoms with Crippen LogP contribution >= 0.6 is 0 Å².